The second-order valence-corrected chi connectivity index (χ2v) is 5.17. The molecule has 106 valence electrons. The van der Waals surface area contributed by atoms with Crippen molar-refractivity contribution in [2.24, 2.45) is 5.73 Å². The number of hydrogen-bond donors (Lipinski definition) is 2. The molecule has 0 amide bonds. The van der Waals surface area contributed by atoms with Gasteiger partial charge in [0.2, 0.25) is 0 Å². The number of nitrogens with two attached hydrogens (primary N) is 1. The maximum Gasteiger partial charge on any atom is 0.116 e. The Bertz CT molecular complexity index is 481. The van der Waals surface area contributed by atoms with Crippen molar-refractivity contribution in [3.63, 3.8) is 0 Å². The molecule has 0 spiro atoms. The first-order valence-corrected chi connectivity index (χ1v) is 6.29. The van der Waals surface area contributed by atoms with Crippen molar-refractivity contribution >= 4 is 11.9 Å². The van der Waals surface area contributed by atoms with Gasteiger partial charge in [-0.1, -0.05) is 13.5 Å². The molecule has 5 heteroatoms. The lowest BCUT2D eigenvalue weighted by atomic mass is 10.1. The van der Waals surface area contributed by atoms with Crippen molar-refractivity contribution < 1.29 is 9.84 Å². The van der Waals surface area contributed by atoms with Crippen LogP contribution in [0.5, 0.6) is 0 Å². The molecule has 0 atom stereocenters. The highest BCUT2D eigenvalue weighted by Crippen LogP contribution is 2.16. The molecule has 0 aromatic carbocycles. The smallest absolute Gasteiger partial charge is 0.116 e. The van der Waals surface area contributed by atoms with Gasteiger partial charge in [0, 0.05) is 11.3 Å². The Morgan fingerprint density at radius 2 is 2.26 bits per heavy atom. The second-order valence-electron chi connectivity index (χ2n) is 5.17. The Morgan fingerprint density at radius 1 is 1.63 bits per heavy atom. The number of hydrogen-bond acceptors (Lipinski definition) is 4. The maximum absolute atomic E-state index is 9.61. The number of nitrogens with zero attached hydrogens (tertiary/aromatic N) is 2. The zero-order chi connectivity index (χ0) is 14.6. The van der Waals surface area contributed by atoms with Gasteiger partial charge in [0.05, 0.1) is 23.7 Å². The van der Waals surface area contributed by atoms with Crippen LogP contribution < -0.4 is 5.73 Å². The Hall–Kier alpha value is -1.75. The predicted octanol–water partition coefficient (Wildman–Crippen LogP) is 1.98. The van der Waals surface area contributed by atoms with Gasteiger partial charge in [-0.3, -0.25) is 0 Å². The largest absolute Gasteiger partial charge is 0.494 e. The summed E-state index contributed by atoms with van der Waals surface area (Å²) in [4.78, 5) is 0. The third kappa shape index (κ3) is 4.44. The van der Waals surface area contributed by atoms with Crippen molar-refractivity contribution in [1.82, 2.24) is 9.78 Å². The summed E-state index contributed by atoms with van der Waals surface area (Å²) in [6.07, 6.45) is 4.26. The van der Waals surface area contributed by atoms with E-state index in [1.807, 2.05) is 13.8 Å². The van der Waals surface area contributed by atoms with Crippen molar-refractivity contribution in [2.75, 3.05) is 6.61 Å². The molecule has 0 aliphatic heterocycles. The number of aliphatic hydroxyl groups is 1. The van der Waals surface area contributed by atoms with Crippen LogP contribution in [0.25, 0.3) is 11.9 Å². The molecule has 0 aliphatic carbocycles. The van der Waals surface area contributed by atoms with Gasteiger partial charge in [-0.2, -0.15) is 5.10 Å². The molecule has 0 unspecified atom stereocenters. The second kappa shape index (κ2) is 5.93. The molecule has 0 bridgehead atoms. The Balaban J connectivity index is 2.89. The molecule has 0 saturated heterocycles. The topological polar surface area (TPSA) is 73.3 Å². The van der Waals surface area contributed by atoms with Crippen LogP contribution in [-0.2, 0) is 11.2 Å². The molecule has 19 heavy (non-hydrogen) atoms. The molecular formula is C14H23N3O2. The Morgan fingerprint density at radius 3 is 2.74 bits per heavy atom. The molecule has 0 fully saturated rings. The summed E-state index contributed by atoms with van der Waals surface area (Å²) >= 11 is 0. The summed E-state index contributed by atoms with van der Waals surface area (Å²) in [6.45, 7) is 11.2. The SMILES string of the molecule is C=C(N)c1cnn(/C=C(\C)OCC(C)(C)O)c1CC. The lowest BCUT2D eigenvalue weighted by molar-refractivity contribution is 0.00395. The minimum absolute atomic E-state index is 0.231. The van der Waals surface area contributed by atoms with E-state index >= 15 is 0 Å². The van der Waals surface area contributed by atoms with Gasteiger partial charge >= 0.3 is 0 Å². The first kappa shape index (κ1) is 15.3. The zero-order valence-electron chi connectivity index (χ0n) is 12.1. The average Bonchev–Trinajstić information content (AvgIpc) is 2.68. The lowest BCUT2D eigenvalue weighted by Gasteiger charge is -2.18. The minimum atomic E-state index is -0.858. The van der Waals surface area contributed by atoms with Gasteiger partial charge in [-0.15, -0.1) is 0 Å². The monoisotopic (exact) mass is 265 g/mol. The Kier molecular flexibility index (Phi) is 4.78. The van der Waals surface area contributed by atoms with E-state index < -0.39 is 5.60 Å². The molecule has 1 rings (SSSR count). The molecule has 0 radical (unpaired) electrons. The van der Waals surface area contributed by atoms with Crippen LogP contribution in [0.3, 0.4) is 0 Å². The number of ether oxygens (including phenoxy) is 1. The van der Waals surface area contributed by atoms with E-state index in [9.17, 15) is 5.11 Å². The van der Waals surface area contributed by atoms with E-state index in [4.69, 9.17) is 10.5 Å². The first-order valence-electron chi connectivity index (χ1n) is 6.29. The highest BCUT2D eigenvalue weighted by atomic mass is 16.5. The molecule has 1 aromatic heterocycles. The number of allylic oxidation sites excluding steroid dienone is 1. The third-order valence-corrected chi connectivity index (χ3v) is 2.54. The lowest BCUT2D eigenvalue weighted by Crippen LogP contribution is -2.25. The summed E-state index contributed by atoms with van der Waals surface area (Å²) in [5.74, 6) is 0.675. The fraction of sp³-hybridized carbons (Fsp3) is 0.500. The predicted molar refractivity (Wildman–Crippen MR) is 77.0 cm³/mol. The van der Waals surface area contributed by atoms with Crippen LogP contribution in [-0.4, -0.2) is 27.1 Å². The molecule has 5 nitrogen and oxygen atoms in total. The third-order valence-electron chi connectivity index (χ3n) is 2.54. The van der Waals surface area contributed by atoms with Crippen molar-refractivity contribution in [3.8, 4) is 0 Å². The summed E-state index contributed by atoms with van der Waals surface area (Å²) in [6, 6.07) is 0. The summed E-state index contributed by atoms with van der Waals surface area (Å²) in [5, 5.41) is 13.9. The van der Waals surface area contributed by atoms with Crippen LogP contribution in [0.1, 0.15) is 39.0 Å². The highest BCUT2D eigenvalue weighted by Gasteiger charge is 2.14. The van der Waals surface area contributed by atoms with Crippen LogP contribution >= 0.6 is 0 Å². The minimum Gasteiger partial charge on any atom is -0.494 e. The van der Waals surface area contributed by atoms with Crippen molar-refractivity contribution in [2.45, 2.75) is 39.7 Å². The van der Waals surface area contributed by atoms with E-state index in [1.54, 1.807) is 30.9 Å². The fourth-order valence-corrected chi connectivity index (χ4v) is 1.62. The zero-order valence-corrected chi connectivity index (χ0v) is 12.1. The average molecular weight is 265 g/mol. The Labute approximate surface area is 114 Å². The van der Waals surface area contributed by atoms with E-state index in [1.165, 1.54) is 0 Å². The fourth-order valence-electron chi connectivity index (χ4n) is 1.62. The maximum atomic E-state index is 9.61. The van der Waals surface area contributed by atoms with Crippen LogP contribution in [0.15, 0.2) is 18.5 Å². The normalized spacial score (nSPS) is 12.6. The quantitative estimate of drug-likeness (QED) is 0.771. The molecule has 3 N–H and O–H groups in total. The van der Waals surface area contributed by atoms with Gasteiger partial charge in [0.25, 0.3) is 0 Å². The molecule has 0 aliphatic rings. The van der Waals surface area contributed by atoms with E-state index in [0.29, 0.717) is 11.5 Å². The summed E-state index contributed by atoms with van der Waals surface area (Å²) in [5.41, 5.74) is 7.21. The van der Waals surface area contributed by atoms with E-state index in [-0.39, 0.29) is 6.61 Å². The van der Waals surface area contributed by atoms with Crippen LogP contribution in [0.2, 0.25) is 0 Å². The van der Waals surface area contributed by atoms with E-state index in [0.717, 1.165) is 17.7 Å². The van der Waals surface area contributed by atoms with Gasteiger partial charge < -0.3 is 15.6 Å². The van der Waals surface area contributed by atoms with Gasteiger partial charge in [-0.25, -0.2) is 4.68 Å². The van der Waals surface area contributed by atoms with Crippen LogP contribution in [0.4, 0.5) is 0 Å². The van der Waals surface area contributed by atoms with Gasteiger partial charge in [0.15, 0.2) is 0 Å². The van der Waals surface area contributed by atoms with E-state index in [2.05, 4.69) is 11.7 Å². The number of rotatable bonds is 6. The van der Waals surface area contributed by atoms with Crippen molar-refractivity contribution in [3.05, 3.63) is 29.8 Å². The molecule has 1 aromatic rings. The van der Waals surface area contributed by atoms with Gasteiger partial charge in [0.1, 0.15) is 12.4 Å². The summed E-state index contributed by atoms with van der Waals surface area (Å²) < 4.78 is 7.21. The first-order chi connectivity index (χ1) is 8.74. The van der Waals surface area contributed by atoms with Crippen molar-refractivity contribution in [1.29, 1.82) is 0 Å². The molecule has 1 heterocycles. The number of aromatic nitrogens is 2. The molecule has 0 saturated carbocycles. The standard InChI is InChI=1S/C14H23N3O2/c1-6-13-12(11(3)15)7-16-17(13)8-10(2)19-9-14(4,5)18/h7-8,18H,3,6,9,15H2,1-2,4-5H3/b10-8+. The molecular weight excluding hydrogens is 242 g/mol. The summed E-state index contributed by atoms with van der Waals surface area (Å²) in [7, 11) is 0. The van der Waals surface area contributed by atoms with Crippen LogP contribution in [0, 0.1) is 0 Å². The highest BCUT2D eigenvalue weighted by molar-refractivity contribution is 5.62. The van der Waals surface area contributed by atoms with Gasteiger partial charge in [-0.05, 0) is 27.2 Å².